The van der Waals surface area contributed by atoms with Crippen LogP contribution in [0.5, 0.6) is 11.6 Å². The standard InChI is InChI=1S/C15H23NO4/c1-6-10(3)14(17)19-12-8-9-16(5)13(12)20-15(18)11(4)7-2/h8-11H,6-7H2,1-5H3. The zero-order valence-corrected chi connectivity index (χ0v) is 12.8. The first kappa shape index (κ1) is 16.3. The highest BCUT2D eigenvalue weighted by molar-refractivity contribution is 5.77. The number of esters is 2. The maximum Gasteiger partial charge on any atom is 0.315 e. The molecule has 0 aliphatic carbocycles. The average Bonchev–Trinajstić information content (AvgIpc) is 2.78. The van der Waals surface area contributed by atoms with Crippen LogP contribution in [0.1, 0.15) is 40.5 Å². The predicted molar refractivity (Wildman–Crippen MR) is 75.6 cm³/mol. The molecule has 0 aliphatic rings. The fraction of sp³-hybridized carbons (Fsp3) is 0.600. The molecular weight excluding hydrogens is 258 g/mol. The van der Waals surface area contributed by atoms with Crippen molar-refractivity contribution in [1.29, 1.82) is 0 Å². The Labute approximate surface area is 119 Å². The van der Waals surface area contributed by atoms with Gasteiger partial charge in [0.2, 0.25) is 5.88 Å². The van der Waals surface area contributed by atoms with Crippen LogP contribution in [0.4, 0.5) is 0 Å². The Bertz CT molecular complexity index is 478. The van der Waals surface area contributed by atoms with Crippen LogP contribution >= 0.6 is 0 Å². The van der Waals surface area contributed by atoms with E-state index >= 15 is 0 Å². The number of carbonyl (C=O) groups excluding carboxylic acids is 2. The van der Waals surface area contributed by atoms with Crippen LogP contribution in [0.25, 0.3) is 0 Å². The molecule has 0 saturated heterocycles. The molecule has 1 aromatic rings. The van der Waals surface area contributed by atoms with Crippen LogP contribution in [-0.2, 0) is 16.6 Å². The quantitative estimate of drug-likeness (QED) is 0.752. The lowest BCUT2D eigenvalue weighted by Gasteiger charge is -2.12. The van der Waals surface area contributed by atoms with Gasteiger partial charge in [-0.1, -0.05) is 27.7 Å². The monoisotopic (exact) mass is 281 g/mol. The van der Waals surface area contributed by atoms with E-state index in [-0.39, 0.29) is 35.4 Å². The third kappa shape index (κ3) is 3.85. The molecule has 0 spiro atoms. The Hall–Kier alpha value is -1.78. The maximum atomic E-state index is 11.8. The Balaban J connectivity index is 2.85. The van der Waals surface area contributed by atoms with Gasteiger partial charge >= 0.3 is 11.9 Å². The highest BCUT2D eigenvalue weighted by Crippen LogP contribution is 2.29. The summed E-state index contributed by atoms with van der Waals surface area (Å²) in [6.07, 6.45) is 3.09. The van der Waals surface area contributed by atoms with Gasteiger partial charge in [-0.3, -0.25) is 9.59 Å². The molecular formula is C15H23NO4. The maximum absolute atomic E-state index is 11.8. The van der Waals surface area contributed by atoms with E-state index in [2.05, 4.69) is 0 Å². The Kier molecular flexibility index (Phi) is 5.80. The molecule has 0 saturated carbocycles. The van der Waals surface area contributed by atoms with E-state index in [1.165, 1.54) is 0 Å². The molecule has 2 atom stereocenters. The molecule has 1 rings (SSSR count). The molecule has 0 N–H and O–H groups in total. The number of rotatable bonds is 6. The van der Waals surface area contributed by atoms with E-state index in [4.69, 9.17) is 9.47 Å². The van der Waals surface area contributed by atoms with Crippen molar-refractivity contribution in [3.8, 4) is 11.6 Å². The van der Waals surface area contributed by atoms with Crippen molar-refractivity contribution in [2.45, 2.75) is 40.5 Å². The zero-order chi connectivity index (χ0) is 15.3. The summed E-state index contributed by atoms with van der Waals surface area (Å²) in [5.74, 6) is -0.465. The topological polar surface area (TPSA) is 57.5 Å². The summed E-state index contributed by atoms with van der Waals surface area (Å²) >= 11 is 0. The van der Waals surface area contributed by atoms with Gasteiger partial charge in [-0.15, -0.1) is 0 Å². The van der Waals surface area contributed by atoms with E-state index < -0.39 is 0 Å². The van der Waals surface area contributed by atoms with Gasteiger partial charge in [-0.25, -0.2) is 0 Å². The van der Waals surface area contributed by atoms with Crippen LogP contribution in [0.2, 0.25) is 0 Å². The third-order valence-electron chi connectivity index (χ3n) is 3.42. The lowest BCUT2D eigenvalue weighted by molar-refractivity contribution is -0.141. The second kappa shape index (κ2) is 7.12. The number of carbonyl (C=O) groups is 2. The van der Waals surface area contributed by atoms with Crippen LogP contribution in [-0.4, -0.2) is 16.5 Å². The molecule has 0 radical (unpaired) electrons. The normalized spacial score (nSPS) is 13.7. The molecule has 1 aromatic heterocycles. The van der Waals surface area contributed by atoms with Gasteiger partial charge in [-0.05, 0) is 12.8 Å². The zero-order valence-electron chi connectivity index (χ0n) is 12.8. The van der Waals surface area contributed by atoms with Gasteiger partial charge in [0.1, 0.15) is 0 Å². The van der Waals surface area contributed by atoms with E-state index in [1.807, 2.05) is 13.8 Å². The van der Waals surface area contributed by atoms with Crippen molar-refractivity contribution in [2.24, 2.45) is 18.9 Å². The highest BCUT2D eigenvalue weighted by Gasteiger charge is 2.21. The van der Waals surface area contributed by atoms with E-state index in [1.54, 1.807) is 37.7 Å². The molecule has 2 unspecified atom stereocenters. The number of aromatic nitrogens is 1. The molecule has 0 aromatic carbocycles. The summed E-state index contributed by atoms with van der Waals surface area (Å²) in [6.45, 7) is 7.44. The van der Waals surface area contributed by atoms with Gasteiger partial charge in [0.25, 0.3) is 0 Å². The minimum absolute atomic E-state index is 0.187. The number of hydrogen-bond donors (Lipinski definition) is 0. The van der Waals surface area contributed by atoms with E-state index in [0.717, 1.165) is 0 Å². The first-order valence-electron chi connectivity index (χ1n) is 6.99. The molecule has 0 bridgehead atoms. The van der Waals surface area contributed by atoms with Gasteiger partial charge < -0.3 is 14.0 Å². The lowest BCUT2D eigenvalue weighted by Crippen LogP contribution is -2.20. The molecule has 112 valence electrons. The highest BCUT2D eigenvalue weighted by atomic mass is 16.6. The number of ether oxygens (including phenoxy) is 2. The minimum atomic E-state index is -0.324. The van der Waals surface area contributed by atoms with Gasteiger partial charge in [-0.2, -0.15) is 0 Å². The van der Waals surface area contributed by atoms with Crippen molar-refractivity contribution in [2.75, 3.05) is 0 Å². The molecule has 0 amide bonds. The van der Waals surface area contributed by atoms with Crippen molar-refractivity contribution < 1.29 is 19.1 Å². The lowest BCUT2D eigenvalue weighted by atomic mass is 10.1. The average molecular weight is 281 g/mol. The fourth-order valence-corrected chi connectivity index (χ4v) is 1.43. The minimum Gasteiger partial charge on any atom is -0.421 e. The van der Waals surface area contributed by atoms with Gasteiger partial charge in [0, 0.05) is 19.3 Å². The number of hydrogen-bond acceptors (Lipinski definition) is 4. The van der Waals surface area contributed by atoms with Gasteiger partial charge in [0.15, 0.2) is 5.75 Å². The summed E-state index contributed by atoms with van der Waals surface area (Å²) in [5, 5.41) is 0. The Morgan fingerprint density at radius 3 is 2.10 bits per heavy atom. The van der Waals surface area contributed by atoms with Crippen LogP contribution < -0.4 is 9.47 Å². The number of aryl methyl sites for hydroxylation is 1. The van der Waals surface area contributed by atoms with Gasteiger partial charge in [0.05, 0.1) is 11.8 Å². The summed E-state index contributed by atoms with van der Waals surface area (Å²) in [6, 6.07) is 1.62. The fourth-order valence-electron chi connectivity index (χ4n) is 1.43. The van der Waals surface area contributed by atoms with Crippen molar-refractivity contribution >= 4 is 11.9 Å². The predicted octanol–water partition coefficient (Wildman–Crippen LogP) is 2.93. The summed E-state index contributed by atoms with van der Waals surface area (Å²) < 4.78 is 12.3. The molecule has 20 heavy (non-hydrogen) atoms. The largest absolute Gasteiger partial charge is 0.421 e. The molecule has 5 nitrogen and oxygen atoms in total. The molecule has 5 heteroatoms. The second-order valence-electron chi connectivity index (χ2n) is 5.06. The number of nitrogens with zero attached hydrogens (tertiary/aromatic N) is 1. The third-order valence-corrected chi connectivity index (χ3v) is 3.42. The summed E-state index contributed by atoms with van der Waals surface area (Å²) in [7, 11) is 1.74. The second-order valence-corrected chi connectivity index (χ2v) is 5.06. The Morgan fingerprint density at radius 2 is 1.60 bits per heavy atom. The molecule has 1 heterocycles. The first-order chi connectivity index (χ1) is 9.40. The van der Waals surface area contributed by atoms with Crippen molar-refractivity contribution in [3.63, 3.8) is 0 Å². The van der Waals surface area contributed by atoms with Crippen LogP contribution in [0, 0.1) is 11.8 Å². The summed E-state index contributed by atoms with van der Waals surface area (Å²) in [5.41, 5.74) is 0. The van der Waals surface area contributed by atoms with Crippen molar-refractivity contribution in [3.05, 3.63) is 12.3 Å². The van der Waals surface area contributed by atoms with Crippen LogP contribution in [0.3, 0.4) is 0 Å². The summed E-state index contributed by atoms with van der Waals surface area (Å²) in [4.78, 5) is 23.7. The SMILES string of the molecule is CCC(C)C(=O)Oc1ccn(C)c1OC(=O)C(C)CC. The molecule has 0 aliphatic heterocycles. The molecule has 0 fully saturated rings. The Morgan fingerprint density at radius 1 is 1.10 bits per heavy atom. The smallest absolute Gasteiger partial charge is 0.315 e. The van der Waals surface area contributed by atoms with Crippen LogP contribution in [0.15, 0.2) is 12.3 Å². The van der Waals surface area contributed by atoms with Crippen molar-refractivity contribution in [1.82, 2.24) is 4.57 Å². The van der Waals surface area contributed by atoms with E-state index in [0.29, 0.717) is 12.8 Å². The first-order valence-corrected chi connectivity index (χ1v) is 6.99. The van der Waals surface area contributed by atoms with E-state index in [9.17, 15) is 9.59 Å².